The van der Waals surface area contributed by atoms with Crippen LogP contribution in [0.25, 0.3) is 0 Å². The quantitative estimate of drug-likeness (QED) is 0.716. The molecule has 1 atom stereocenters. The van der Waals surface area contributed by atoms with E-state index >= 15 is 0 Å². The number of rotatable bonds is 4. The average Bonchev–Trinajstić information content (AvgIpc) is 3.08. The fourth-order valence-electron chi connectivity index (χ4n) is 2.98. The standard InChI is InChI=1S/C15H20N4O3S2/c1-8-4-5-12-11(6-8)7-13(23-12)15(20)18-19-24(21,22)14-9(2)16-17-10(14)3/h7-8,19H,4-6H2,1-3H3,(H,16,17)(H,18,20)/t8-/m0/s1. The summed E-state index contributed by atoms with van der Waals surface area (Å²) in [6.45, 7) is 5.41. The number of sulfonamides is 1. The van der Waals surface area contributed by atoms with E-state index in [4.69, 9.17) is 0 Å². The molecule has 0 fully saturated rings. The molecular formula is C15H20N4O3S2. The molecule has 1 aliphatic carbocycles. The van der Waals surface area contributed by atoms with Crippen LogP contribution in [0.3, 0.4) is 0 Å². The highest BCUT2D eigenvalue weighted by atomic mass is 32.2. The minimum atomic E-state index is -3.86. The molecule has 3 rings (SSSR count). The number of H-pyrrole nitrogens is 1. The van der Waals surface area contributed by atoms with E-state index in [9.17, 15) is 13.2 Å². The number of carbonyl (C=O) groups is 1. The van der Waals surface area contributed by atoms with Gasteiger partial charge in [0.05, 0.1) is 16.3 Å². The van der Waals surface area contributed by atoms with Crippen LogP contribution in [0.15, 0.2) is 11.0 Å². The first-order chi connectivity index (χ1) is 11.3. The van der Waals surface area contributed by atoms with Crippen LogP contribution in [-0.2, 0) is 22.9 Å². The van der Waals surface area contributed by atoms with Crippen LogP contribution in [0.5, 0.6) is 0 Å². The molecule has 0 bridgehead atoms. The van der Waals surface area contributed by atoms with Crippen LogP contribution in [0.4, 0.5) is 0 Å². The number of carbonyl (C=O) groups excluding carboxylic acids is 1. The van der Waals surface area contributed by atoms with Gasteiger partial charge in [0.1, 0.15) is 4.90 Å². The lowest BCUT2D eigenvalue weighted by atomic mass is 9.90. The van der Waals surface area contributed by atoms with Crippen LogP contribution in [0, 0.1) is 19.8 Å². The van der Waals surface area contributed by atoms with Crippen molar-refractivity contribution >= 4 is 27.3 Å². The van der Waals surface area contributed by atoms with Crippen molar-refractivity contribution in [3.63, 3.8) is 0 Å². The van der Waals surface area contributed by atoms with Gasteiger partial charge in [-0.1, -0.05) is 6.92 Å². The third-order valence-electron chi connectivity index (χ3n) is 4.18. The van der Waals surface area contributed by atoms with Crippen LogP contribution in [-0.4, -0.2) is 24.5 Å². The number of fused-ring (bicyclic) bond motifs is 1. The van der Waals surface area contributed by atoms with Gasteiger partial charge >= 0.3 is 0 Å². The van der Waals surface area contributed by atoms with Crippen molar-refractivity contribution in [3.05, 3.63) is 32.8 Å². The summed E-state index contributed by atoms with van der Waals surface area (Å²) in [6, 6.07) is 1.87. The van der Waals surface area contributed by atoms with E-state index in [1.807, 2.05) is 6.07 Å². The van der Waals surface area contributed by atoms with Gasteiger partial charge in [0.15, 0.2) is 0 Å². The van der Waals surface area contributed by atoms with Crippen molar-refractivity contribution in [1.82, 2.24) is 20.5 Å². The molecule has 2 heterocycles. The van der Waals surface area contributed by atoms with Crippen molar-refractivity contribution < 1.29 is 13.2 Å². The second-order valence-electron chi connectivity index (χ2n) is 6.23. The molecule has 1 amide bonds. The highest BCUT2D eigenvalue weighted by Gasteiger charge is 2.24. The van der Waals surface area contributed by atoms with Gasteiger partial charge in [0.25, 0.3) is 15.9 Å². The molecule has 7 nitrogen and oxygen atoms in total. The van der Waals surface area contributed by atoms with E-state index in [0.29, 0.717) is 22.2 Å². The molecule has 0 spiro atoms. The fraction of sp³-hybridized carbons (Fsp3) is 0.467. The van der Waals surface area contributed by atoms with E-state index in [0.717, 1.165) is 19.3 Å². The predicted octanol–water partition coefficient (Wildman–Crippen LogP) is 1.84. The zero-order valence-corrected chi connectivity index (χ0v) is 15.4. The van der Waals surface area contributed by atoms with Crippen LogP contribution in [0.2, 0.25) is 0 Å². The van der Waals surface area contributed by atoms with Crippen molar-refractivity contribution in [2.24, 2.45) is 5.92 Å². The number of aromatic nitrogens is 2. The highest BCUT2D eigenvalue weighted by Crippen LogP contribution is 2.32. The van der Waals surface area contributed by atoms with Crippen molar-refractivity contribution in [2.75, 3.05) is 0 Å². The van der Waals surface area contributed by atoms with Crippen LogP contribution >= 0.6 is 11.3 Å². The summed E-state index contributed by atoms with van der Waals surface area (Å²) < 4.78 is 24.7. The van der Waals surface area contributed by atoms with Crippen molar-refractivity contribution in [3.8, 4) is 0 Å². The van der Waals surface area contributed by atoms with E-state index in [1.165, 1.54) is 21.8 Å². The number of aryl methyl sites for hydroxylation is 3. The molecule has 0 unspecified atom stereocenters. The smallest absolute Gasteiger partial charge is 0.276 e. The number of hydrazine groups is 1. The Bertz CT molecular complexity index is 863. The SMILES string of the molecule is Cc1n[nH]c(C)c1S(=O)(=O)NNC(=O)c1cc2c(s1)CC[C@H](C)C2. The monoisotopic (exact) mass is 368 g/mol. The number of hydrogen-bond donors (Lipinski definition) is 3. The summed E-state index contributed by atoms with van der Waals surface area (Å²) in [7, 11) is -3.86. The topological polar surface area (TPSA) is 104 Å². The third-order valence-corrected chi connectivity index (χ3v) is 6.93. The van der Waals surface area contributed by atoms with Gasteiger partial charge in [-0.25, -0.2) is 8.42 Å². The Morgan fingerprint density at radius 2 is 2.17 bits per heavy atom. The molecular weight excluding hydrogens is 348 g/mol. The molecule has 0 saturated carbocycles. The number of hydrogen-bond acceptors (Lipinski definition) is 5. The maximum atomic E-state index is 12.3. The van der Waals surface area contributed by atoms with Crippen molar-refractivity contribution in [1.29, 1.82) is 0 Å². The Kier molecular flexibility index (Phi) is 4.50. The maximum absolute atomic E-state index is 12.3. The Morgan fingerprint density at radius 3 is 2.83 bits per heavy atom. The predicted molar refractivity (Wildman–Crippen MR) is 91.4 cm³/mol. The van der Waals surface area contributed by atoms with Crippen molar-refractivity contribution in [2.45, 2.75) is 44.9 Å². The molecule has 2 aromatic rings. The first kappa shape index (κ1) is 17.1. The summed E-state index contributed by atoms with van der Waals surface area (Å²) in [5.41, 5.74) is 4.28. The van der Waals surface area contributed by atoms with E-state index in [2.05, 4.69) is 27.4 Å². The van der Waals surface area contributed by atoms with Gasteiger partial charge in [-0.3, -0.25) is 15.3 Å². The van der Waals surface area contributed by atoms with Crippen LogP contribution < -0.4 is 10.3 Å². The van der Waals surface area contributed by atoms with Gasteiger partial charge in [0.2, 0.25) is 0 Å². The Labute approximate surface area is 144 Å². The Morgan fingerprint density at radius 1 is 1.42 bits per heavy atom. The zero-order valence-electron chi connectivity index (χ0n) is 13.8. The fourth-order valence-corrected chi connectivity index (χ4v) is 5.30. The molecule has 2 aromatic heterocycles. The lowest BCUT2D eigenvalue weighted by Gasteiger charge is -2.16. The summed E-state index contributed by atoms with van der Waals surface area (Å²) >= 11 is 1.43. The number of nitrogens with one attached hydrogen (secondary N) is 3. The first-order valence-corrected chi connectivity index (χ1v) is 10.0. The summed E-state index contributed by atoms with van der Waals surface area (Å²) in [4.78, 5) is 16.2. The molecule has 0 aliphatic heterocycles. The first-order valence-electron chi connectivity index (χ1n) is 7.73. The Balaban J connectivity index is 1.72. The minimum Gasteiger partial charge on any atom is -0.281 e. The van der Waals surface area contributed by atoms with Crippen LogP contribution in [0.1, 0.15) is 44.8 Å². The van der Waals surface area contributed by atoms with E-state index in [-0.39, 0.29) is 4.90 Å². The molecule has 0 radical (unpaired) electrons. The number of thiophene rings is 1. The molecule has 0 saturated heterocycles. The van der Waals surface area contributed by atoms with Gasteiger partial charge in [-0.05, 0) is 50.7 Å². The summed E-state index contributed by atoms with van der Waals surface area (Å²) in [5.74, 6) is 0.179. The van der Waals surface area contributed by atoms with Gasteiger partial charge < -0.3 is 0 Å². The normalized spacial score (nSPS) is 17.5. The minimum absolute atomic E-state index is 0.0575. The molecule has 130 valence electrons. The largest absolute Gasteiger partial charge is 0.281 e. The van der Waals surface area contributed by atoms with E-state index < -0.39 is 15.9 Å². The Hall–Kier alpha value is -1.71. The number of amides is 1. The highest BCUT2D eigenvalue weighted by molar-refractivity contribution is 7.89. The third kappa shape index (κ3) is 3.24. The van der Waals surface area contributed by atoms with Gasteiger partial charge in [-0.2, -0.15) is 5.10 Å². The maximum Gasteiger partial charge on any atom is 0.276 e. The second kappa shape index (κ2) is 6.30. The molecule has 24 heavy (non-hydrogen) atoms. The summed E-state index contributed by atoms with van der Waals surface area (Å²) in [5, 5.41) is 6.48. The lowest BCUT2D eigenvalue weighted by Crippen LogP contribution is -2.41. The number of aromatic amines is 1. The zero-order chi connectivity index (χ0) is 17.5. The molecule has 1 aliphatic rings. The van der Waals surface area contributed by atoms with E-state index in [1.54, 1.807) is 13.8 Å². The second-order valence-corrected chi connectivity index (χ2v) is 8.99. The number of nitrogens with zero attached hydrogens (tertiary/aromatic N) is 1. The summed E-state index contributed by atoms with van der Waals surface area (Å²) in [6.07, 6.45) is 3.08. The van der Waals surface area contributed by atoms with Gasteiger partial charge in [-0.15, -0.1) is 16.2 Å². The molecule has 3 N–H and O–H groups in total. The molecule has 0 aromatic carbocycles. The lowest BCUT2D eigenvalue weighted by molar-refractivity contribution is 0.0949. The average molecular weight is 368 g/mol. The van der Waals surface area contributed by atoms with Gasteiger partial charge in [0, 0.05) is 4.88 Å². The molecule has 9 heteroatoms.